The second-order valence-electron chi connectivity index (χ2n) is 10.9. The molecule has 1 aliphatic carbocycles. The number of carbonyl (C=O) groups excluding carboxylic acids is 2. The third-order valence-electron chi connectivity index (χ3n) is 6.83. The van der Waals surface area contributed by atoms with Crippen LogP contribution in [-0.4, -0.2) is 67.9 Å². The Bertz CT molecular complexity index is 1250. The van der Waals surface area contributed by atoms with Gasteiger partial charge in [0.25, 0.3) is 0 Å². The van der Waals surface area contributed by atoms with Crippen molar-refractivity contribution in [2.24, 2.45) is 4.99 Å². The van der Waals surface area contributed by atoms with Crippen molar-refractivity contribution in [2.45, 2.75) is 89.3 Å². The summed E-state index contributed by atoms with van der Waals surface area (Å²) in [5.74, 6) is -0.415. The van der Waals surface area contributed by atoms with Gasteiger partial charge in [-0.15, -0.1) is 0 Å². The maximum absolute atomic E-state index is 13.4. The van der Waals surface area contributed by atoms with E-state index >= 15 is 0 Å². The number of halogens is 3. The molecule has 12 heteroatoms. The van der Waals surface area contributed by atoms with Crippen LogP contribution < -0.4 is 16.1 Å². The monoisotopic (exact) mass is 522 g/mol. The fourth-order valence-corrected chi connectivity index (χ4v) is 5.41. The molecule has 2 amide bonds. The first-order valence-corrected chi connectivity index (χ1v) is 12.4. The van der Waals surface area contributed by atoms with Gasteiger partial charge >= 0.3 is 6.18 Å². The highest BCUT2D eigenvalue weighted by Crippen LogP contribution is 2.31. The SMILES string of the molecule is CC(=O)N[C@@H]1C[C@H](NC(C)(C)C)CC[C@@H]1N1CC[C@H](N=c2ncn(O)c3ccc(C(F)(F)F)cc23)C1=O. The van der Waals surface area contributed by atoms with E-state index in [1.54, 1.807) is 4.90 Å². The molecule has 2 aromatic rings. The van der Waals surface area contributed by atoms with Gasteiger partial charge in [0, 0.05) is 30.4 Å². The van der Waals surface area contributed by atoms with Crippen molar-refractivity contribution in [3.05, 3.63) is 35.6 Å². The summed E-state index contributed by atoms with van der Waals surface area (Å²) in [5.41, 5.74) is -0.930. The molecule has 2 heterocycles. The summed E-state index contributed by atoms with van der Waals surface area (Å²) in [5, 5.41) is 16.6. The van der Waals surface area contributed by atoms with Crippen molar-refractivity contribution in [3.8, 4) is 0 Å². The minimum atomic E-state index is -4.58. The summed E-state index contributed by atoms with van der Waals surface area (Å²) in [4.78, 5) is 35.5. The van der Waals surface area contributed by atoms with E-state index in [1.165, 1.54) is 6.92 Å². The molecule has 4 atom stereocenters. The molecule has 0 bridgehead atoms. The minimum absolute atomic E-state index is 0.00374. The van der Waals surface area contributed by atoms with Crippen LogP contribution in [0, 0.1) is 0 Å². The number of aromatic nitrogens is 2. The lowest BCUT2D eigenvalue weighted by Gasteiger charge is -2.43. The molecule has 0 radical (unpaired) electrons. The van der Waals surface area contributed by atoms with E-state index in [-0.39, 0.29) is 51.9 Å². The van der Waals surface area contributed by atoms with E-state index in [0.29, 0.717) is 30.5 Å². The van der Waals surface area contributed by atoms with Gasteiger partial charge in [-0.25, -0.2) is 4.98 Å². The zero-order valence-electron chi connectivity index (χ0n) is 21.3. The van der Waals surface area contributed by atoms with Gasteiger partial charge in [-0.1, -0.05) is 0 Å². The largest absolute Gasteiger partial charge is 0.427 e. The number of nitrogens with zero attached hydrogens (tertiary/aromatic N) is 4. The number of nitrogens with one attached hydrogen (secondary N) is 2. The third kappa shape index (κ3) is 6.06. The van der Waals surface area contributed by atoms with Crippen LogP contribution in [0.2, 0.25) is 0 Å². The first-order chi connectivity index (χ1) is 17.2. The smallest absolute Gasteiger partial charge is 0.416 e. The predicted molar refractivity (Wildman–Crippen MR) is 130 cm³/mol. The average molecular weight is 523 g/mol. The van der Waals surface area contributed by atoms with Crippen molar-refractivity contribution in [3.63, 3.8) is 0 Å². The Kier molecular flexibility index (Phi) is 7.24. The van der Waals surface area contributed by atoms with Gasteiger partial charge in [0.2, 0.25) is 11.8 Å². The summed E-state index contributed by atoms with van der Waals surface area (Å²) in [6, 6.07) is 1.83. The fraction of sp³-hybridized carbons (Fsp3) is 0.600. The maximum Gasteiger partial charge on any atom is 0.416 e. The number of likely N-dealkylation sites (tertiary alicyclic amines) is 1. The van der Waals surface area contributed by atoms with Gasteiger partial charge in [0.15, 0.2) is 5.49 Å². The molecule has 1 aromatic carbocycles. The Morgan fingerprint density at radius 3 is 2.57 bits per heavy atom. The van der Waals surface area contributed by atoms with E-state index in [1.807, 2.05) is 0 Å². The van der Waals surface area contributed by atoms with Crippen LogP contribution in [0.3, 0.4) is 0 Å². The van der Waals surface area contributed by atoms with Crippen LogP contribution in [0.4, 0.5) is 13.2 Å². The molecule has 202 valence electrons. The molecule has 0 unspecified atom stereocenters. The van der Waals surface area contributed by atoms with E-state index in [0.717, 1.165) is 30.9 Å². The molecule has 1 aromatic heterocycles. The number of amides is 2. The number of benzene rings is 1. The average Bonchev–Trinajstić information content (AvgIpc) is 3.13. The first-order valence-electron chi connectivity index (χ1n) is 12.4. The van der Waals surface area contributed by atoms with Crippen molar-refractivity contribution in [1.29, 1.82) is 0 Å². The number of rotatable bonds is 4. The molecule has 1 aliphatic heterocycles. The number of fused-ring (bicyclic) bond motifs is 1. The lowest BCUT2D eigenvalue weighted by atomic mass is 9.84. The zero-order chi connectivity index (χ0) is 27.1. The zero-order valence-corrected chi connectivity index (χ0v) is 21.3. The number of alkyl halides is 3. The summed E-state index contributed by atoms with van der Waals surface area (Å²) in [6.07, 6.45) is -0.950. The van der Waals surface area contributed by atoms with Gasteiger partial charge in [-0.3, -0.25) is 14.6 Å². The second-order valence-corrected chi connectivity index (χ2v) is 10.9. The van der Waals surface area contributed by atoms with Gasteiger partial charge < -0.3 is 20.7 Å². The maximum atomic E-state index is 13.4. The van der Waals surface area contributed by atoms with Crippen LogP contribution in [0.5, 0.6) is 0 Å². The van der Waals surface area contributed by atoms with Crippen LogP contribution in [0.25, 0.3) is 10.9 Å². The molecule has 37 heavy (non-hydrogen) atoms. The second kappa shape index (κ2) is 9.96. The molecule has 4 rings (SSSR count). The Labute approximate surface area is 212 Å². The summed E-state index contributed by atoms with van der Waals surface area (Å²) < 4.78 is 40.5. The van der Waals surface area contributed by atoms with E-state index in [4.69, 9.17) is 0 Å². The topological polar surface area (TPSA) is 112 Å². The van der Waals surface area contributed by atoms with Crippen molar-refractivity contribution < 1.29 is 28.0 Å². The van der Waals surface area contributed by atoms with Crippen molar-refractivity contribution in [2.75, 3.05) is 6.54 Å². The molecular weight excluding hydrogens is 489 g/mol. The lowest BCUT2D eigenvalue weighted by Crippen LogP contribution is -2.59. The molecule has 3 N–H and O–H groups in total. The van der Waals surface area contributed by atoms with E-state index in [9.17, 15) is 28.0 Å². The highest BCUT2D eigenvalue weighted by atomic mass is 19.4. The minimum Gasteiger partial charge on any atom is -0.427 e. The third-order valence-corrected chi connectivity index (χ3v) is 6.83. The van der Waals surface area contributed by atoms with Crippen LogP contribution >= 0.6 is 0 Å². The van der Waals surface area contributed by atoms with Gasteiger partial charge in [-0.05, 0) is 64.7 Å². The summed E-state index contributed by atoms with van der Waals surface area (Å²) in [7, 11) is 0. The molecule has 9 nitrogen and oxygen atoms in total. The normalized spacial score (nSPS) is 25.6. The van der Waals surface area contributed by atoms with Gasteiger partial charge in [0.1, 0.15) is 12.4 Å². The van der Waals surface area contributed by atoms with Crippen LogP contribution in [0.1, 0.15) is 58.9 Å². The number of carbonyl (C=O) groups is 2. The Morgan fingerprint density at radius 2 is 1.92 bits per heavy atom. The molecular formula is C25H33F3N6O3. The number of hydrogen-bond donors (Lipinski definition) is 3. The highest BCUT2D eigenvalue weighted by molar-refractivity contribution is 5.85. The Hall–Kier alpha value is -3.15. The molecule has 1 saturated heterocycles. The van der Waals surface area contributed by atoms with Gasteiger partial charge in [0.05, 0.1) is 23.2 Å². The lowest BCUT2D eigenvalue weighted by molar-refractivity contribution is -0.137. The standard InChI is InChI=1S/C25H33F3N6O3/c1-14(35)30-19-12-16(32-24(2,3)4)6-8-21(19)33-10-9-18(23(33)36)31-22-17-11-15(25(26,27)28)5-7-20(17)34(37)13-29-22/h5,7,11,13,16,18-19,21,32,37H,6,8-10,12H2,1-4H3,(H,30,35)/t16-,18+,19-,21+/m1/s1. The summed E-state index contributed by atoms with van der Waals surface area (Å²) >= 11 is 0. The van der Waals surface area contributed by atoms with E-state index in [2.05, 4.69) is 41.4 Å². The van der Waals surface area contributed by atoms with E-state index < -0.39 is 17.8 Å². The molecule has 2 aliphatic rings. The highest BCUT2D eigenvalue weighted by Gasteiger charge is 2.42. The first kappa shape index (κ1) is 26.9. The van der Waals surface area contributed by atoms with Crippen molar-refractivity contribution in [1.82, 2.24) is 25.2 Å². The fourth-order valence-electron chi connectivity index (χ4n) is 5.41. The van der Waals surface area contributed by atoms with Crippen LogP contribution in [0.15, 0.2) is 29.5 Å². The number of hydrogen-bond acceptors (Lipinski definition) is 6. The molecule has 2 fully saturated rings. The van der Waals surface area contributed by atoms with Crippen LogP contribution in [-0.2, 0) is 15.8 Å². The van der Waals surface area contributed by atoms with Crippen molar-refractivity contribution >= 4 is 22.7 Å². The van der Waals surface area contributed by atoms with Gasteiger partial charge in [-0.2, -0.15) is 17.9 Å². The quantitative estimate of drug-likeness (QED) is 0.535. The molecule has 0 spiro atoms. The Balaban J connectivity index is 1.61. The predicted octanol–water partition coefficient (Wildman–Crippen LogP) is 2.61. The molecule has 1 saturated carbocycles. The Morgan fingerprint density at radius 1 is 1.19 bits per heavy atom. The summed E-state index contributed by atoms with van der Waals surface area (Å²) in [6.45, 7) is 8.12.